The van der Waals surface area contributed by atoms with Crippen LogP contribution in [0, 0.1) is 0 Å². The van der Waals surface area contributed by atoms with E-state index in [0.29, 0.717) is 35.4 Å². The number of aliphatic hydroxyl groups is 3. The molecule has 0 amide bonds. The van der Waals surface area contributed by atoms with Crippen LogP contribution in [0.1, 0.15) is 41.2 Å². The van der Waals surface area contributed by atoms with E-state index in [1.165, 1.54) is 16.7 Å². The van der Waals surface area contributed by atoms with Crippen LogP contribution in [0.25, 0.3) is 11.2 Å². The van der Waals surface area contributed by atoms with E-state index in [2.05, 4.69) is 56.6 Å². The molecule has 0 spiro atoms. The summed E-state index contributed by atoms with van der Waals surface area (Å²) < 4.78 is 7.48. The summed E-state index contributed by atoms with van der Waals surface area (Å²) in [6, 6.07) is 24.8. The summed E-state index contributed by atoms with van der Waals surface area (Å²) in [6.07, 6.45) is 1.75. The number of benzene rings is 2. The number of aliphatic hydroxyl groups excluding tert-OH is 3. The summed E-state index contributed by atoms with van der Waals surface area (Å²) >= 11 is 0. The number of nitrogens with zero attached hydrogens (tertiary/aromatic N) is 6. The molecule has 1 unspecified atom stereocenters. The van der Waals surface area contributed by atoms with Gasteiger partial charge in [0.2, 0.25) is 5.95 Å². The fourth-order valence-electron chi connectivity index (χ4n) is 6.31. The Morgan fingerprint density at radius 2 is 1.61 bits per heavy atom. The van der Waals surface area contributed by atoms with E-state index in [0.717, 1.165) is 19.5 Å². The molecule has 0 bridgehead atoms. The minimum absolute atomic E-state index is 0.0521. The number of pyridine rings is 1. The summed E-state index contributed by atoms with van der Waals surface area (Å²) in [5.41, 5.74) is 4.57. The molecule has 11 nitrogen and oxygen atoms in total. The van der Waals surface area contributed by atoms with Gasteiger partial charge in [0.05, 0.1) is 12.9 Å². The number of nitrogens with one attached hydrogen (secondary N) is 1. The van der Waals surface area contributed by atoms with E-state index < -0.39 is 31.1 Å². The predicted octanol–water partition coefficient (Wildman–Crippen LogP) is 3.07. The van der Waals surface area contributed by atoms with Crippen molar-refractivity contribution in [1.82, 2.24) is 24.5 Å². The van der Waals surface area contributed by atoms with Crippen molar-refractivity contribution in [2.45, 2.75) is 42.8 Å². The summed E-state index contributed by atoms with van der Waals surface area (Å²) in [5.74, 6) is 1.48. The van der Waals surface area contributed by atoms with Gasteiger partial charge in [0.15, 0.2) is 23.2 Å². The first kappa shape index (κ1) is 28.4. The first-order chi connectivity index (χ1) is 21.6. The Morgan fingerprint density at radius 1 is 0.909 bits per heavy atom. The number of hydrogen-bond acceptors (Lipinski definition) is 10. The molecule has 4 N–H and O–H groups in total. The maximum atomic E-state index is 10.8. The highest BCUT2D eigenvalue weighted by Crippen LogP contribution is 2.35. The van der Waals surface area contributed by atoms with Crippen molar-refractivity contribution in [2.75, 3.05) is 36.5 Å². The van der Waals surface area contributed by atoms with Crippen LogP contribution in [0.5, 0.6) is 0 Å². The molecule has 7 rings (SSSR count). The van der Waals surface area contributed by atoms with E-state index >= 15 is 0 Å². The average Bonchev–Trinajstić information content (AvgIpc) is 3.81. The van der Waals surface area contributed by atoms with Gasteiger partial charge in [-0.15, -0.1) is 0 Å². The van der Waals surface area contributed by atoms with Crippen LogP contribution >= 0.6 is 0 Å². The fourth-order valence-corrected chi connectivity index (χ4v) is 6.31. The molecule has 5 heterocycles. The SMILES string of the molecule is OC[C@H]1O[C@@H](n2cnc3c(NCC(c4ccccc4)c4ccccc4)nc(N4CCC(c5ccncc5)C4)nc32)[C@H](O)[C@@H]1O. The van der Waals surface area contributed by atoms with Gasteiger partial charge in [-0.25, -0.2) is 4.98 Å². The van der Waals surface area contributed by atoms with E-state index in [4.69, 9.17) is 14.7 Å². The van der Waals surface area contributed by atoms with Gasteiger partial charge < -0.3 is 30.3 Å². The van der Waals surface area contributed by atoms with Crippen molar-refractivity contribution in [2.24, 2.45) is 0 Å². The summed E-state index contributed by atoms with van der Waals surface area (Å²) in [7, 11) is 0. The molecule has 2 aliphatic rings. The van der Waals surface area contributed by atoms with Gasteiger partial charge in [0.1, 0.15) is 18.3 Å². The second-order valence-corrected chi connectivity index (χ2v) is 11.4. The third kappa shape index (κ3) is 5.39. The van der Waals surface area contributed by atoms with Gasteiger partial charge in [-0.1, -0.05) is 60.7 Å². The van der Waals surface area contributed by atoms with Crippen LogP contribution in [0.2, 0.25) is 0 Å². The highest BCUT2D eigenvalue weighted by Gasteiger charge is 2.44. The molecule has 5 atom stereocenters. The van der Waals surface area contributed by atoms with E-state index in [-0.39, 0.29) is 5.92 Å². The number of ether oxygens (including phenoxy) is 1. The highest BCUT2D eigenvalue weighted by atomic mass is 16.6. The Bertz CT molecular complexity index is 1650. The lowest BCUT2D eigenvalue weighted by atomic mass is 9.91. The molecule has 226 valence electrons. The molecule has 2 fully saturated rings. The lowest BCUT2D eigenvalue weighted by molar-refractivity contribution is -0.0511. The third-order valence-corrected chi connectivity index (χ3v) is 8.73. The Labute approximate surface area is 254 Å². The van der Waals surface area contributed by atoms with Crippen molar-refractivity contribution < 1.29 is 20.1 Å². The van der Waals surface area contributed by atoms with Crippen molar-refractivity contribution in [3.63, 3.8) is 0 Å². The number of hydrogen-bond donors (Lipinski definition) is 4. The lowest BCUT2D eigenvalue weighted by Gasteiger charge is -2.22. The van der Waals surface area contributed by atoms with Gasteiger partial charge in [-0.2, -0.15) is 9.97 Å². The van der Waals surface area contributed by atoms with Crippen LogP contribution in [0.3, 0.4) is 0 Å². The summed E-state index contributed by atoms with van der Waals surface area (Å²) in [4.78, 5) is 20.9. The minimum atomic E-state index is -1.26. The van der Waals surface area contributed by atoms with E-state index in [1.807, 2.05) is 48.8 Å². The normalized spacial score (nSPS) is 23.5. The Morgan fingerprint density at radius 3 is 2.27 bits per heavy atom. The lowest BCUT2D eigenvalue weighted by Crippen LogP contribution is -2.33. The third-order valence-electron chi connectivity index (χ3n) is 8.73. The molecule has 5 aromatic rings. The van der Waals surface area contributed by atoms with E-state index in [1.54, 1.807) is 10.9 Å². The van der Waals surface area contributed by atoms with Crippen LogP contribution < -0.4 is 10.2 Å². The minimum Gasteiger partial charge on any atom is -0.394 e. The van der Waals surface area contributed by atoms with Crippen molar-refractivity contribution in [3.8, 4) is 0 Å². The highest BCUT2D eigenvalue weighted by molar-refractivity contribution is 5.84. The second-order valence-electron chi connectivity index (χ2n) is 11.4. The maximum absolute atomic E-state index is 10.8. The molecule has 11 heteroatoms. The molecule has 44 heavy (non-hydrogen) atoms. The maximum Gasteiger partial charge on any atom is 0.229 e. The second kappa shape index (κ2) is 12.3. The number of rotatable bonds is 9. The van der Waals surface area contributed by atoms with Crippen LogP contribution in [0.15, 0.2) is 91.5 Å². The van der Waals surface area contributed by atoms with E-state index in [9.17, 15) is 15.3 Å². The number of fused-ring (bicyclic) bond motifs is 1. The molecule has 0 aliphatic carbocycles. The molecular weight excluding hydrogens is 558 g/mol. The van der Waals surface area contributed by atoms with Crippen LogP contribution in [-0.4, -0.2) is 84.4 Å². The molecule has 2 aromatic carbocycles. The van der Waals surface area contributed by atoms with Crippen LogP contribution in [-0.2, 0) is 4.74 Å². The van der Waals surface area contributed by atoms with Crippen molar-refractivity contribution in [3.05, 3.63) is 108 Å². The smallest absolute Gasteiger partial charge is 0.229 e. The number of aromatic nitrogens is 5. The monoisotopic (exact) mass is 593 g/mol. The zero-order chi connectivity index (χ0) is 30.0. The molecule has 0 radical (unpaired) electrons. The van der Waals surface area contributed by atoms with Gasteiger partial charge in [-0.3, -0.25) is 9.55 Å². The van der Waals surface area contributed by atoms with Crippen LogP contribution in [0.4, 0.5) is 11.8 Å². The molecule has 2 saturated heterocycles. The zero-order valence-electron chi connectivity index (χ0n) is 24.1. The molecule has 0 saturated carbocycles. The standard InChI is InChI=1S/C33H35N7O4/c41-19-26-28(42)29(43)32(44-26)40-20-36-27-30(35-17-25(22-7-3-1-4-8-22)23-9-5-2-6-10-23)37-33(38-31(27)40)39-16-13-24(18-39)21-11-14-34-15-12-21/h1-12,14-15,20,24-26,28-29,32,41-43H,13,16-19H2,(H,35,37,38)/t24?,26-,28-,29-,32-/m1/s1. The average molecular weight is 594 g/mol. The van der Waals surface area contributed by atoms with Gasteiger partial charge in [-0.05, 0) is 35.2 Å². The fraction of sp³-hybridized carbons (Fsp3) is 0.333. The Balaban J connectivity index is 1.25. The van der Waals surface area contributed by atoms with Crippen molar-refractivity contribution >= 4 is 22.9 Å². The predicted molar refractivity (Wildman–Crippen MR) is 165 cm³/mol. The summed E-state index contributed by atoms with van der Waals surface area (Å²) in [5, 5.41) is 34.5. The van der Waals surface area contributed by atoms with Gasteiger partial charge in [0, 0.05) is 43.9 Å². The Hall–Kier alpha value is -4.42. The first-order valence-corrected chi connectivity index (χ1v) is 15.0. The largest absolute Gasteiger partial charge is 0.394 e. The molecule has 2 aliphatic heterocycles. The van der Waals surface area contributed by atoms with Crippen molar-refractivity contribution in [1.29, 1.82) is 0 Å². The zero-order valence-corrected chi connectivity index (χ0v) is 24.1. The first-order valence-electron chi connectivity index (χ1n) is 15.0. The quantitative estimate of drug-likeness (QED) is 0.201. The number of imidazole rings is 1. The summed E-state index contributed by atoms with van der Waals surface area (Å²) in [6.45, 7) is 1.66. The number of anilines is 2. The Kier molecular flexibility index (Phi) is 7.92. The van der Waals surface area contributed by atoms with Gasteiger partial charge >= 0.3 is 0 Å². The van der Waals surface area contributed by atoms with Gasteiger partial charge in [0.25, 0.3) is 0 Å². The topological polar surface area (TPSA) is 142 Å². The molecular formula is C33H35N7O4. The molecule has 3 aromatic heterocycles.